The van der Waals surface area contributed by atoms with Crippen molar-refractivity contribution in [1.29, 1.82) is 0 Å². The molecular formula is C17H12ClN3O. The lowest BCUT2D eigenvalue weighted by Crippen LogP contribution is -1.91. The molecule has 0 bridgehead atoms. The maximum absolute atomic E-state index is 6.27. The van der Waals surface area contributed by atoms with Crippen molar-refractivity contribution in [2.24, 2.45) is 0 Å². The smallest absolute Gasteiger partial charge is 0.175 e. The Kier molecular flexibility index (Phi) is 2.98. The minimum atomic E-state index is 0.401. The maximum Gasteiger partial charge on any atom is 0.175 e. The Hall–Kier alpha value is -2.59. The molecule has 5 heteroatoms. The van der Waals surface area contributed by atoms with E-state index in [-0.39, 0.29) is 0 Å². The SMILES string of the molecule is COc1ccc(-c2cn3c(n2)c(Cl)nc2ccccc23)cc1. The third-order valence-corrected chi connectivity index (χ3v) is 3.89. The van der Waals surface area contributed by atoms with E-state index in [1.54, 1.807) is 7.11 Å². The van der Waals surface area contributed by atoms with Gasteiger partial charge in [-0.2, -0.15) is 0 Å². The van der Waals surface area contributed by atoms with Crippen LogP contribution in [-0.2, 0) is 0 Å². The number of hydrogen-bond donors (Lipinski definition) is 0. The largest absolute Gasteiger partial charge is 0.497 e. The predicted octanol–water partition coefficient (Wildman–Crippen LogP) is 4.21. The molecule has 0 atom stereocenters. The van der Waals surface area contributed by atoms with E-state index in [0.717, 1.165) is 28.0 Å². The molecule has 22 heavy (non-hydrogen) atoms. The van der Waals surface area contributed by atoms with E-state index >= 15 is 0 Å². The number of hydrogen-bond acceptors (Lipinski definition) is 3. The Morgan fingerprint density at radius 1 is 1.00 bits per heavy atom. The third-order valence-electron chi connectivity index (χ3n) is 3.64. The van der Waals surface area contributed by atoms with Crippen LogP contribution in [0, 0.1) is 0 Å². The highest BCUT2D eigenvalue weighted by Gasteiger charge is 2.11. The predicted molar refractivity (Wildman–Crippen MR) is 87.5 cm³/mol. The van der Waals surface area contributed by atoms with Gasteiger partial charge in [-0.15, -0.1) is 0 Å². The van der Waals surface area contributed by atoms with Gasteiger partial charge in [0, 0.05) is 11.8 Å². The maximum atomic E-state index is 6.27. The van der Waals surface area contributed by atoms with Crippen LogP contribution in [0.1, 0.15) is 0 Å². The molecule has 0 N–H and O–H groups in total. The monoisotopic (exact) mass is 309 g/mol. The first-order valence-corrected chi connectivity index (χ1v) is 7.22. The number of benzene rings is 2. The molecule has 0 saturated carbocycles. The summed E-state index contributed by atoms with van der Waals surface area (Å²) in [5.41, 5.74) is 4.34. The van der Waals surface area contributed by atoms with Crippen LogP contribution in [0.2, 0.25) is 5.15 Å². The van der Waals surface area contributed by atoms with Gasteiger partial charge in [-0.05, 0) is 36.4 Å². The van der Waals surface area contributed by atoms with Crippen molar-refractivity contribution >= 4 is 28.3 Å². The summed E-state index contributed by atoms with van der Waals surface area (Å²) in [5.74, 6) is 0.817. The first-order chi connectivity index (χ1) is 10.8. The molecule has 0 unspecified atom stereocenters. The van der Waals surface area contributed by atoms with E-state index in [1.165, 1.54) is 0 Å². The highest BCUT2D eigenvalue weighted by atomic mass is 35.5. The van der Waals surface area contributed by atoms with Crippen LogP contribution in [0.25, 0.3) is 27.9 Å². The molecule has 0 amide bonds. The van der Waals surface area contributed by atoms with Crippen molar-refractivity contribution < 1.29 is 4.74 Å². The van der Waals surface area contributed by atoms with E-state index in [1.807, 2.05) is 59.1 Å². The zero-order chi connectivity index (χ0) is 15.1. The first kappa shape index (κ1) is 13.1. The minimum absolute atomic E-state index is 0.401. The molecule has 4 rings (SSSR count). The lowest BCUT2D eigenvalue weighted by molar-refractivity contribution is 0.415. The number of methoxy groups -OCH3 is 1. The topological polar surface area (TPSA) is 39.4 Å². The number of para-hydroxylation sites is 2. The summed E-state index contributed by atoms with van der Waals surface area (Å²) >= 11 is 6.27. The van der Waals surface area contributed by atoms with E-state index in [9.17, 15) is 0 Å². The molecule has 4 nitrogen and oxygen atoms in total. The van der Waals surface area contributed by atoms with Crippen molar-refractivity contribution in [3.8, 4) is 17.0 Å². The number of imidazole rings is 1. The number of halogens is 1. The Morgan fingerprint density at radius 3 is 2.55 bits per heavy atom. The molecular weight excluding hydrogens is 298 g/mol. The fraction of sp³-hybridized carbons (Fsp3) is 0.0588. The first-order valence-electron chi connectivity index (χ1n) is 6.84. The summed E-state index contributed by atoms with van der Waals surface area (Å²) in [7, 11) is 1.65. The Balaban J connectivity index is 1.96. The number of fused-ring (bicyclic) bond motifs is 3. The molecule has 0 fully saturated rings. The van der Waals surface area contributed by atoms with Crippen molar-refractivity contribution in [1.82, 2.24) is 14.4 Å². The van der Waals surface area contributed by atoms with Gasteiger partial charge >= 0.3 is 0 Å². The molecule has 0 saturated heterocycles. The Morgan fingerprint density at radius 2 is 1.77 bits per heavy atom. The summed E-state index contributed by atoms with van der Waals surface area (Å²) in [6.45, 7) is 0. The molecule has 0 aliphatic heterocycles. The van der Waals surface area contributed by atoms with E-state index in [4.69, 9.17) is 16.3 Å². The van der Waals surface area contributed by atoms with Crippen LogP contribution < -0.4 is 4.74 Å². The van der Waals surface area contributed by atoms with Gasteiger partial charge in [-0.1, -0.05) is 23.7 Å². The summed E-state index contributed by atoms with van der Waals surface area (Å²) in [6, 6.07) is 15.6. The zero-order valence-corrected chi connectivity index (χ0v) is 12.6. The second-order valence-electron chi connectivity index (χ2n) is 4.94. The average Bonchev–Trinajstić information content (AvgIpc) is 3.01. The fourth-order valence-corrected chi connectivity index (χ4v) is 2.75. The van der Waals surface area contributed by atoms with Gasteiger partial charge in [0.15, 0.2) is 10.8 Å². The van der Waals surface area contributed by atoms with Crippen LogP contribution in [0.5, 0.6) is 5.75 Å². The Labute approximate surface area is 132 Å². The van der Waals surface area contributed by atoms with Gasteiger partial charge in [0.25, 0.3) is 0 Å². The molecule has 2 heterocycles. The molecule has 0 aliphatic carbocycles. The van der Waals surface area contributed by atoms with Gasteiger partial charge in [-0.25, -0.2) is 9.97 Å². The third kappa shape index (κ3) is 2.00. The van der Waals surface area contributed by atoms with Gasteiger partial charge in [0.1, 0.15) is 5.75 Å². The van der Waals surface area contributed by atoms with Gasteiger partial charge in [0.05, 0.1) is 23.8 Å². The van der Waals surface area contributed by atoms with Crippen LogP contribution >= 0.6 is 11.6 Å². The summed E-state index contributed by atoms with van der Waals surface area (Å²) in [4.78, 5) is 9.02. The lowest BCUT2D eigenvalue weighted by Gasteiger charge is -2.01. The van der Waals surface area contributed by atoms with E-state index in [0.29, 0.717) is 10.8 Å². The molecule has 2 aromatic carbocycles. The van der Waals surface area contributed by atoms with Gasteiger partial charge in [0.2, 0.25) is 0 Å². The van der Waals surface area contributed by atoms with Crippen LogP contribution in [0.4, 0.5) is 0 Å². The quantitative estimate of drug-likeness (QED) is 0.557. The molecule has 4 aromatic rings. The molecule has 108 valence electrons. The fourth-order valence-electron chi connectivity index (χ4n) is 2.53. The normalized spacial score (nSPS) is 11.2. The Bertz CT molecular complexity index is 976. The van der Waals surface area contributed by atoms with Crippen LogP contribution in [0.3, 0.4) is 0 Å². The molecule has 0 aliphatic rings. The summed E-state index contributed by atoms with van der Waals surface area (Å²) in [6.07, 6.45) is 1.98. The van der Waals surface area contributed by atoms with Gasteiger partial charge < -0.3 is 4.74 Å². The number of ether oxygens (including phenoxy) is 1. The van der Waals surface area contributed by atoms with Crippen molar-refractivity contribution in [3.05, 3.63) is 59.9 Å². The molecule has 0 radical (unpaired) electrons. The summed E-state index contributed by atoms with van der Waals surface area (Å²) < 4.78 is 7.16. The standard InChI is InChI=1S/C17H12ClN3O/c1-22-12-8-6-11(7-9-12)14-10-21-15-5-3-2-4-13(15)19-16(18)17(21)20-14/h2-10H,1H3. The van der Waals surface area contributed by atoms with Gasteiger partial charge in [-0.3, -0.25) is 4.40 Å². The van der Waals surface area contributed by atoms with E-state index in [2.05, 4.69) is 9.97 Å². The highest BCUT2D eigenvalue weighted by molar-refractivity contribution is 6.32. The van der Waals surface area contributed by atoms with Crippen LogP contribution in [0.15, 0.2) is 54.7 Å². The zero-order valence-electron chi connectivity index (χ0n) is 11.8. The highest BCUT2D eigenvalue weighted by Crippen LogP contribution is 2.27. The molecule has 0 spiro atoms. The van der Waals surface area contributed by atoms with Crippen molar-refractivity contribution in [2.75, 3.05) is 7.11 Å². The summed E-state index contributed by atoms with van der Waals surface area (Å²) in [5, 5.41) is 0.401. The van der Waals surface area contributed by atoms with Crippen molar-refractivity contribution in [2.45, 2.75) is 0 Å². The number of rotatable bonds is 2. The average molecular weight is 310 g/mol. The number of aromatic nitrogens is 3. The van der Waals surface area contributed by atoms with Crippen molar-refractivity contribution in [3.63, 3.8) is 0 Å². The van der Waals surface area contributed by atoms with Crippen LogP contribution in [-0.4, -0.2) is 21.5 Å². The number of nitrogens with zero attached hydrogens (tertiary/aromatic N) is 3. The minimum Gasteiger partial charge on any atom is -0.497 e. The van der Waals surface area contributed by atoms with E-state index < -0.39 is 0 Å². The molecule has 2 aromatic heterocycles. The second kappa shape index (κ2) is 5.00. The lowest BCUT2D eigenvalue weighted by atomic mass is 10.2. The second-order valence-corrected chi connectivity index (χ2v) is 5.30.